The van der Waals surface area contributed by atoms with Crippen molar-refractivity contribution in [1.82, 2.24) is 9.55 Å². The van der Waals surface area contributed by atoms with Crippen molar-refractivity contribution in [3.63, 3.8) is 0 Å². The first-order valence-electron chi connectivity index (χ1n) is 4.00. The van der Waals surface area contributed by atoms with Gasteiger partial charge in [0.05, 0.1) is 11.8 Å². The number of rotatable bonds is 1. The minimum Gasteiger partial charge on any atom is -0.366 e. The Hall–Kier alpha value is -1.36. The molecule has 2 aromatic rings. The van der Waals surface area contributed by atoms with E-state index in [9.17, 15) is 4.79 Å². The van der Waals surface area contributed by atoms with E-state index in [1.807, 2.05) is 11.6 Å². The summed E-state index contributed by atoms with van der Waals surface area (Å²) in [7, 11) is 1.87. The van der Waals surface area contributed by atoms with Gasteiger partial charge in [0.25, 0.3) is 0 Å². The second-order valence-corrected chi connectivity index (χ2v) is 3.90. The lowest BCUT2D eigenvalue weighted by atomic mass is 10.2. The van der Waals surface area contributed by atoms with E-state index in [0.717, 1.165) is 15.5 Å². The van der Waals surface area contributed by atoms with E-state index in [4.69, 9.17) is 5.73 Å². The summed E-state index contributed by atoms with van der Waals surface area (Å²) in [6.45, 7) is 0. The number of carbonyl (C=O) groups is 1. The Morgan fingerprint density at radius 1 is 1.57 bits per heavy atom. The molecule has 0 unspecified atom stereocenters. The summed E-state index contributed by atoms with van der Waals surface area (Å²) in [5.41, 5.74) is 7.40. The van der Waals surface area contributed by atoms with Crippen LogP contribution >= 0.6 is 15.9 Å². The van der Waals surface area contributed by atoms with Gasteiger partial charge in [0, 0.05) is 17.1 Å². The Balaban J connectivity index is 2.82. The maximum Gasteiger partial charge on any atom is 0.248 e. The van der Waals surface area contributed by atoms with Crippen LogP contribution < -0.4 is 5.73 Å². The molecule has 0 spiro atoms. The van der Waals surface area contributed by atoms with Gasteiger partial charge in [-0.25, -0.2) is 4.98 Å². The third-order valence-electron chi connectivity index (χ3n) is 2.07. The second-order valence-electron chi connectivity index (χ2n) is 3.05. The van der Waals surface area contributed by atoms with Crippen molar-refractivity contribution in [3.8, 4) is 0 Å². The first kappa shape index (κ1) is 9.21. The zero-order valence-corrected chi connectivity index (χ0v) is 9.08. The van der Waals surface area contributed by atoms with Gasteiger partial charge < -0.3 is 10.3 Å². The number of halogens is 1. The Kier molecular flexibility index (Phi) is 2.03. The molecule has 0 saturated heterocycles. The van der Waals surface area contributed by atoms with Crippen LogP contribution in [-0.4, -0.2) is 15.5 Å². The fraction of sp³-hybridized carbons (Fsp3) is 0.111. The number of benzene rings is 1. The number of hydrogen-bond donors (Lipinski definition) is 1. The molecular formula is C9H8BrN3O. The van der Waals surface area contributed by atoms with Gasteiger partial charge in [0.1, 0.15) is 5.52 Å². The number of primary amides is 1. The SMILES string of the molecule is Cn1cnc2c(Br)cc(C(N)=O)cc21. The highest BCUT2D eigenvalue weighted by Crippen LogP contribution is 2.23. The van der Waals surface area contributed by atoms with Gasteiger partial charge in [0.15, 0.2) is 0 Å². The van der Waals surface area contributed by atoms with Crippen molar-refractivity contribution in [2.24, 2.45) is 12.8 Å². The molecule has 0 aliphatic rings. The highest BCUT2D eigenvalue weighted by Gasteiger charge is 2.09. The van der Waals surface area contributed by atoms with Gasteiger partial charge in [-0.1, -0.05) is 0 Å². The van der Waals surface area contributed by atoms with Gasteiger partial charge in [-0.3, -0.25) is 4.79 Å². The molecule has 72 valence electrons. The molecule has 0 bridgehead atoms. The van der Waals surface area contributed by atoms with E-state index in [1.165, 1.54) is 0 Å². The van der Waals surface area contributed by atoms with E-state index in [1.54, 1.807) is 18.5 Å². The van der Waals surface area contributed by atoms with E-state index >= 15 is 0 Å². The average molecular weight is 254 g/mol. The van der Waals surface area contributed by atoms with Gasteiger partial charge in [-0.15, -0.1) is 0 Å². The number of imidazole rings is 1. The van der Waals surface area contributed by atoms with Crippen LogP contribution in [0.4, 0.5) is 0 Å². The molecule has 1 heterocycles. The lowest BCUT2D eigenvalue weighted by Gasteiger charge is -2.00. The number of aromatic nitrogens is 2. The van der Waals surface area contributed by atoms with Crippen LogP contribution in [0.3, 0.4) is 0 Å². The first-order chi connectivity index (χ1) is 6.59. The van der Waals surface area contributed by atoms with Crippen LogP contribution in [-0.2, 0) is 7.05 Å². The largest absolute Gasteiger partial charge is 0.366 e. The molecule has 0 atom stereocenters. The molecule has 0 saturated carbocycles. The number of aryl methyl sites for hydroxylation is 1. The summed E-state index contributed by atoms with van der Waals surface area (Å²) in [5.74, 6) is -0.436. The van der Waals surface area contributed by atoms with Crippen LogP contribution in [0, 0.1) is 0 Å². The third-order valence-corrected chi connectivity index (χ3v) is 2.67. The number of nitrogens with two attached hydrogens (primary N) is 1. The molecule has 0 fully saturated rings. The lowest BCUT2D eigenvalue weighted by Crippen LogP contribution is -2.10. The number of hydrogen-bond acceptors (Lipinski definition) is 2. The van der Waals surface area contributed by atoms with Crippen molar-refractivity contribution in [1.29, 1.82) is 0 Å². The van der Waals surface area contributed by atoms with Crippen molar-refractivity contribution < 1.29 is 4.79 Å². The minimum atomic E-state index is -0.436. The Labute approximate surface area is 88.9 Å². The molecule has 2 N–H and O–H groups in total. The summed E-state index contributed by atoms with van der Waals surface area (Å²) >= 11 is 3.35. The molecule has 0 aliphatic heterocycles. The maximum absolute atomic E-state index is 11.0. The fourth-order valence-corrected chi connectivity index (χ4v) is 1.88. The van der Waals surface area contributed by atoms with E-state index in [0.29, 0.717) is 5.56 Å². The quantitative estimate of drug-likeness (QED) is 0.836. The normalized spacial score (nSPS) is 10.7. The molecule has 4 nitrogen and oxygen atoms in total. The first-order valence-corrected chi connectivity index (χ1v) is 4.79. The summed E-state index contributed by atoms with van der Waals surface area (Å²) in [5, 5.41) is 0. The van der Waals surface area contributed by atoms with Crippen molar-refractivity contribution in [2.45, 2.75) is 0 Å². The summed E-state index contributed by atoms with van der Waals surface area (Å²) < 4.78 is 2.62. The summed E-state index contributed by atoms with van der Waals surface area (Å²) in [4.78, 5) is 15.2. The topological polar surface area (TPSA) is 60.9 Å². The third kappa shape index (κ3) is 1.29. The smallest absolute Gasteiger partial charge is 0.248 e. The molecule has 5 heteroatoms. The fourth-order valence-electron chi connectivity index (χ4n) is 1.33. The van der Waals surface area contributed by atoms with Gasteiger partial charge >= 0.3 is 0 Å². The molecule has 2 rings (SSSR count). The Bertz CT molecular complexity index is 518. The molecule has 0 radical (unpaired) electrons. The van der Waals surface area contributed by atoms with Crippen LogP contribution in [0.5, 0.6) is 0 Å². The van der Waals surface area contributed by atoms with Crippen LogP contribution in [0.25, 0.3) is 11.0 Å². The number of amides is 1. The molecule has 0 aliphatic carbocycles. The van der Waals surface area contributed by atoms with Crippen LogP contribution in [0.1, 0.15) is 10.4 Å². The Morgan fingerprint density at radius 3 is 2.93 bits per heavy atom. The molecule has 1 amide bonds. The van der Waals surface area contributed by atoms with Crippen LogP contribution in [0.15, 0.2) is 22.9 Å². The lowest BCUT2D eigenvalue weighted by molar-refractivity contribution is 0.100. The number of carbonyl (C=O) groups excluding carboxylic acids is 1. The Morgan fingerprint density at radius 2 is 2.29 bits per heavy atom. The van der Waals surface area contributed by atoms with Crippen molar-refractivity contribution >= 4 is 32.9 Å². The number of fused-ring (bicyclic) bond motifs is 1. The molecule has 14 heavy (non-hydrogen) atoms. The highest BCUT2D eigenvalue weighted by molar-refractivity contribution is 9.10. The number of nitrogens with zero attached hydrogens (tertiary/aromatic N) is 2. The van der Waals surface area contributed by atoms with Gasteiger partial charge in [0.2, 0.25) is 5.91 Å². The van der Waals surface area contributed by atoms with Crippen molar-refractivity contribution in [3.05, 3.63) is 28.5 Å². The standard InChI is InChI=1S/C9H8BrN3O/c1-13-4-12-8-6(10)2-5(9(11)14)3-7(8)13/h2-4H,1H3,(H2,11,14). The van der Waals surface area contributed by atoms with E-state index in [2.05, 4.69) is 20.9 Å². The molecule has 1 aromatic heterocycles. The van der Waals surface area contributed by atoms with Gasteiger partial charge in [-0.05, 0) is 28.1 Å². The minimum absolute atomic E-state index is 0.436. The average Bonchev–Trinajstić information content (AvgIpc) is 2.48. The zero-order valence-electron chi connectivity index (χ0n) is 7.49. The predicted molar refractivity (Wildman–Crippen MR) is 56.9 cm³/mol. The maximum atomic E-state index is 11.0. The predicted octanol–water partition coefficient (Wildman–Crippen LogP) is 1.43. The van der Waals surface area contributed by atoms with E-state index < -0.39 is 5.91 Å². The van der Waals surface area contributed by atoms with Crippen molar-refractivity contribution in [2.75, 3.05) is 0 Å². The van der Waals surface area contributed by atoms with E-state index in [-0.39, 0.29) is 0 Å². The van der Waals surface area contributed by atoms with Gasteiger partial charge in [-0.2, -0.15) is 0 Å². The molecule has 1 aromatic carbocycles. The van der Waals surface area contributed by atoms with Crippen LogP contribution in [0.2, 0.25) is 0 Å². The highest BCUT2D eigenvalue weighted by atomic mass is 79.9. The summed E-state index contributed by atoms with van der Waals surface area (Å²) in [6.07, 6.45) is 1.69. The molecular weight excluding hydrogens is 246 g/mol. The summed E-state index contributed by atoms with van der Waals surface area (Å²) in [6, 6.07) is 3.41. The second kappa shape index (κ2) is 3.09. The monoisotopic (exact) mass is 253 g/mol. The zero-order chi connectivity index (χ0) is 10.3.